The minimum absolute atomic E-state index is 0.303. The molecule has 0 radical (unpaired) electrons. The number of rotatable bonds is 10. The van der Waals surface area contributed by atoms with Crippen LogP contribution in [-0.4, -0.2) is 43.6 Å². The predicted molar refractivity (Wildman–Crippen MR) is 75.4 cm³/mol. The molecular formula is C15H25NO4. The molecule has 114 valence electrons. The van der Waals surface area contributed by atoms with Crippen LogP contribution in [-0.2, 0) is 16.1 Å². The van der Waals surface area contributed by atoms with Crippen LogP contribution in [0.4, 0.5) is 0 Å². The molecule has 1 aromatic rings. The molecule has 1 unspecified atom stereocenters. The van der Waals surface area contributed by atoms with Crippen LogP contribution in [0.1, 0.15) is 31.4 Å². The first kappa shape index (κ1) is 15.5. The summed E-state index contributed by atoms with van der Waals surface area (Å²) in [4.78, 5) is 0. The molecule has 1 fully saturated rings. The van der Waals surface area contributed by atoms with E-state index in [1.54, 1.807) is 6.26 Å². The number of hydrogen-bond acceptors (Lipinski definition) is 5. The highest BCUT2D eigenvalue weighted by atomic mass is 16.5. The lowest BCUT2D eigenvalue weighted by Crippen LogP contribution is -2.32. The summed E-state index contributed by atoms with van der Waals surface area (Å²) in [6.45, 7) is 2.70. The summed E-state index contributed by atoms with van der Waals surface area (Å²) < 4.78 is 16.2. The Hall–Kier alpha value is -0.880. The lowest BCUT2D eigenvalue weighted by molar-refractivity contribution is 0.0199. The second-order valence-corrected chi connectivity index (χ2v) is 5.23. The van der Waals surface area contributed by atoms with Crippen LogP contribution < -0.4 is 5.32 Å². The van der Waals surface area contributed by atoms with Crippen molar-refractivity contribution in [3.63, 3.8) is 0 Å². The van der Waals surface area contributed by atoms with Gasteiger partial charge in [0.25, 0.3) is 0 Å². The zero-order valence-corrected chi connectivity index (χ0v) is 11.9. The number of nitrogens with one attached hydrogen (secondary N) is 1. The largest absolute Gasteiger partial charge is 0.467 e. The Morgan fingerprint density at radius 1 is 1.40 bits per heavy atom. The molecule has 2 N–H and O–H groups in total. The standard InChI is InChI=1S/C15H25NO4/c17-13(11-18-12-15-6-3-8-19-15)10-16-7-9-20-14-4-1-2-5-14/h3,6,8,13-14,16-17H,1-2,4-5,7,9-12H2. The van der Waals surface area contributed by atoms with Gasteiger partial charge in [-0.15, -0.1) is 0 Å². The van der Waals surface area contributed by atoms with E-state index in [4.69, 9.17) is 13.9 Å². The van der Waals surface area contributed by atoms with Crippen LogP contribution in [0, 0.1) is 0 Å². The predicted octanol–water partition coefficient (Wildman–Crippen LogP) is 1.71. The Morgan fingerprint density at radius 3 is 3.00 bits per heavy atom. The summed E-state index contributed by atoms with van der Waals surface area (Å²) in [7, 11) is 0. The van der Waals surface area contributed by atoms with Gasteiger partial charge in [-0.25, -0.2) is 0 Å². The van der Waals surface area contributed by atoms with Gasteiger partial charge in [0.1, 0.15) is 12.4 Å². The molecule has 1 aliphatic rings. The van der Waals surface area contributed by atoms with Gasteiger partial charge in [-0.2, -0.15) is 0 Å². The molecular weight excluding hydrogens is 258 g/mol. The molecule has 0 saturated heterocycles. The highest BCUT2D eigenvalue weighted by Crippen LogP contribution is 2.20. The first-order valence-corrected chi connectivity index (χ1v) is 7.45. The van der Waals surface area contributed by atoms with Crippen molar-refractivity contribution < 1.29 is 19.0 Å². The maximum atomic E-state index is 9.73. The molecule has 1 saturated carbocycles. The molecule has 5 nitrogen and oxygen atoms in total. The van der Waals surface area contributed by atoms with Crippen molar-refractivity contribution in [1.29, 1.82) is 0 Å². The molecule has 0 aliphatic heterocycles. The summed E-state index contributed by atoms with van der Waals surface area (Å²) in [5, 5.41) is 12.9. The van der Waals surface area contributed by atoms with Crippen LogP contribution in [0.5, 0.6) is 0 Å². The molecule has 0 aromatic carbocycles. The Balaban J connectivity index is 1.40. The van der Waals surface area contributed by atoms with Crippen LogP contribution in [0.3, 0.4) is 0 Å². The van der Waals surface area contributed by atoms with Gasteiger partial charge in [0, 0.05) is 13.1 Å². The summed E-state index contributed by atoms with van der Waals surface area (Å²) in [5.74, 6) is 0.773. The van der Waals surface area contributed by atoms with E-state index in [-0.39, 0.29) is 0 Å². The second kappa shape index (κ2) is 9.13. The minimum atomic E-state index is -0.503. The van der Waals surface area contributed by atoms with Gasteiger partial charge >= 0.3 is 0 Å². The van der Waals surface area contributed by atoms with Crippen LogP contribution in [0.2, 0.25) is 0 Å². The fourth-order valence-corrected chi connectivity index (χ4v) is 2.37. The van der Waals surface area contributed by atoms with E-state index >= 15 is 0 Å². The third-order valence-electron chi connectivity index (χ3n) is 3.45. The molecule has 1 atom stereocenters. The first-order chi connectivity index (χ1) is 9.84. The minimum Gasteiger partial charge on any atom is -0.467 e. The van der Waals surface area contributed by atoms with E-state index in [1.165, 1.54) is 25.7 Å². The summed E-state index contributed by atoms with van der Waals surface area (Å²) in [5.41, 5.74) is 0. The van der Waals surface area contributed by atoms with Crippen molar-refractivity contribution in [2.24, 2.45) is 0 Å². The smallest absolute Gasteiger partial charge is 0.129 e. The molecule has 0 bridgehead atoms. The van der Waals surface area contributed by atoms with E-state index in [0.717, 1.165) is 12.3 Å². The number of aliphatic hydroxyl groups excluding tert-OH is 1. The van der Waals surface area contributed by atoms with Gasteiger partial charge in [-0.3, -0.25) is 0 Å². The number of hydrogen-bond donors (Lipinski definition) is 2. The maximum absolute atomic E-state index is 9.73. The van der Waals surface area contributed by atoms with Gasteiger partial charge in [0.15, 0.2) is 0 Å². The first-order valence-electron chi connectivity index (χ1n) is 7.45. The third kappa shape index (κ3) is 6.05. The normalized spacial score (nSPS) is 17.6. The van der Waals surface area contributed by atoms with Crippen molar-refractivity contribution in [1.82, 2.24) is 5.32 Å². The van der Waals surface area contributed by atoms with Crippen molar-refractivity contribution in [2.75, 3.05) is 26.3 Å². The monoisotopic (exact) mass is 283 g/mol. The van der Waals surface area contributed by atoms with Gasteiger partial charge in [0.2, 0.25) is 0 Å². The number of aliphatic hydroxyl groups is 1. The van der Waals surface area contributed by atoms with E-state index in [1.807, 2.05) is 12.1 Å². The zero-order valence-electron chi connectivity index (χ0n) is 11.9. The summed E-state index contributed by atoms with van der Waals surface area (Å²) in [6.07, 6.45) is 6.55. The highest BCUT2D eigenvalue weighted by Gasteiger charge is 2.14. The average Bonchev–Trinajstić information content (AvgIpc) is 3.11. The van der Waals surface area contributed by atoms with E-state index in [0.29, 0.717) is 32.5 Å². The van der Waals surface area contributed by atoms with Crippen LogP contribution in [0.25, 0.3) is 0 Å². The molecule has 0 spiro atoms. The topological polar surface area (TPSA) is 63.9 Å². The Bertz CT molecular complexity index is 336. The molecule has 1 heterocycles. The summed E-state index contributed by atoms with van der Waals surface area (Å²) >= 11 is 0. The lowest BCUT2D eigenvalue weighted by Gasteiger charge is -2.14. The highest BCUT2D eigenvalue weighted by molar-refractivity contribution is 4.96. The van der Waals surface area contributed by atoms with Crippen molar-refractivity contribution in [3.8, 4) is 0 Å². The van der Waals surface area contributed by atoms with E-state index in [2.05, 4.69) is 5.32 Å². The Morgan fingerprint density at radius 2 is 2.25 bits per heavy atom. The van der Waals surface area contributed by atoms with Gasteiger partial charge in [-0.1, -0.05) is 12.8 Å². The Kier molecular flexibility index (Phi) is 7.08. The zero-order chi connectivity index (χ0) is 14.0. The third-order valence-corrected chi connectivity index (χ3v) is 3.45. The van der Waals surface area contributed by atoms with Crippen LogP contribution >= 0.6 is 0 Å². The van der Waals surface area contributed by atoms with Crippen molar-refractivity contribution in [3.05, 3.63) is 24.2 Å². The molecule has 5 heteroatoms. The lowest BCUT2D eigenvalue weighted by atomic mass is 10.3. The molecule has 2 rings (SSSR count). The number of furan rings is 1. The van der Waals surface area contributed by atoms with Crippen LogP contribution in [0.15, 0.2) is 22.8 Å². The SMILES string of the molecule is OC(CNCCOC1CCCC1)COCc1ccco1. The fourth-order valence-electron chi connectivity index (χ4n) is 2.37. The second-order valence-electron chi connectivity index (χ2n) is 5.23. The molecule has 0 amide bonds. The molecule has 1 aromatic heterocycles. The van der Waals surface area contributed by atoms with E-state index in [9.17, 15) is 5.11 Å². The van der Waals surface area contributed by atoms with Gasteiger partial charge in [0.05, 0.1) is 31.7 Å². The van der Waals surface area contributed by atoms with E-state index < -0.39 is 6.10 Å². The average molecular weight is 283 g/mol. The fraction of sp³-hybridized carbons (Fsp3) is 0.733. The van der Waals surface area contributed by atoms with Gasteiger partial charge in [-0.05, 0) is 25.0 Å². The summed E-state index contributed by atoms with van der Waals surface area (Å²) in [6, 6.07) is 3.67. The van der Waals surface area contributed by atoms with Crippen molar-refractivity contribution >= 4 is 0 Å². The number of ether oxygens (including phenoxy) is 2. The molecule has 20 heavy (non-hydrogen) atoms. The van der Waals surface area contributed by atoms with Gasteiger partial charge < -0.3 is 24.3 Å². The molecule has 1 aliphatic carbocycles. The quantitative estimate of drug-likeness (QED) is 0.640. The maximum Gasteiger partial charge on any atom is 0.129 e. The Labute approximate surface area is 120 Å². The van der Waals surface area contributed by atoms with Crippen molar-refractivity contribution in [2.45, 2.75) is 44.5 Å².